The van der Waals surface area contributed by atoms with E-state index in [2.05, 4.69) is 18.4 Å². The van der Waals surface area contributed by atoms with Crippen molar-refractivity contribution < 1.29 is 0 Å². The summed E-state index contributed by atoms with van der Waals surface area (Å²) in [5, 5.41) is 9.96. The third kappa shape index (κ3) is 3.72. The van der Waals surface area contributed by atoms with Gasteiger partial charge < -0.3 is 5.41 Å². The van der Waals surface area contributed by atoms with Crippen LogP contribution in [-0.4, -0.2) is 20.0 Å². The fourth-order valence-corrected chi connectivity index (χ4v) is 1.29. The molecule has 0 aliphatic heterocycles. The second kappa shape index (κ2) is 3.53. The zero-order chi connectivity index (χ0) is 6.57. The summed E-state index contributed by atoms with van der Waals surface area (Å²) in [7, 11) is -0.384. The minimum Gasteiger partial charge on any atom is -0.308 e. The van der Waals surface area contributed by atoms with Crippen molar-refractivity contribution in [1.29, 1.82) is 5.41 Å². The number of hydrogen-bond donors (Lipinski definition) is 1. The molecule has 0 spiro atoms. The quantitative estimate of drug-likeness (QED) is 0.404. The van der Waals surface area contributed by atoms with Crippen LogP contribution in [0.1, 0.15) is 6.92 Å². The Kier molecular flexibility index (Phi) is 3.32. The highest BCUT2D eigenvalue weighted by Gasteiger charge is 1.75. The van der Waals surface area contributed by atoms with Crippen LogP contribution in [0, 0.1) is 5.41 Å². The molecule has 0 rings (SSSR count). The van der Waals surface area contributed by atoms with E-state index in [1.54, 1.807) is 0 Å². The van der Waals surface area contributed by atoms with Gasteiger partial charge in [0, 0.05) is 11.8 Å². The van der Waals surface area contributed by atoms with E-state index in [0.29, 0.717) is 0 Å². The Balaban J connectivity index is 4.36. The van der Waals surface area contributed by atoms with E-state index < -0.39 is 0 Å². The summed E-state index contributed by atoms with van der Waals surface area (Å²) in [5.74, 6) is 0. The molecule has 0 heterocycles. The van der Waals surface area contributed by atoms with Crippen molar-refractivity contribution in [2.75, 3.05) is 0 Å². The summed E-state index contributed by atoms with van der Waals surface area (Å²) in [6, 6.07) is 0. The maximum absolute atomic E-state index is 6.79. The Morgan fingerprint density at radius 2 is 2.12 bits per heavy atom. The fourth-order valence-electron chi connectivity index (χ4n) is 0.430. The Bertz CT molecular complexity index is 148. The molecule has 0 bridgehead atoms. The molecule has 0 aliphatic rings. The molecule has 0 fully saturated rings. The van der Waals surface area contributed by atoms with Crippen LogP contribution in [0.15, 0.2) is 5.57 Å². The van der Waals surface area contributed by atoms with Gasteiger partial charge in [0.2, 0.25) is 0 Å². The van der Waals surface area contributed by atoms with E-state index in [1.165, 1.54) is 6.21 Å². The zero-order valence-corrected chi connectivity index (χ0v) is 6.58. The third-order valence-electron chi connectivity index (χ3n) is 0.664. The van der Waals surface area contributed by atoms with Crippen LogP contribution in [0.2, 0.25) is 13.1 Å². The molecule has 0 aromatic heterocycles. The van der Waals surface area contributed by atoms with E-state index >= 15 is 0 Å². The second-order valence-corrected chi connectivity index (χ2v) is 4.20. The van der Waals surface area contributed by atoms with E-state index in [4.69, 9.17) is 5.41 Å². The molecule has 0 saturated heterocycles. The monoisotopic (exact) mass is 125 g/mol. The van der Waals surface area contributed by atoms with Gasteiger partial charge in [0.1, 0.15) is 0 Å². The van der Waals surface area contributed by atoms with Crippen LogP contribution >= 0.6 is 0 Å². The molecular weight excluding hydrogens is 114 g/mol. The van der Waals surface area contributed by atoms with Crippen molar-refractivity contribution in [1.82, 2.24) is 0 Å². The van der Waals surface area contributed by atoms with Gasteiger partial charge in [0.05, 0.1) is 8.41 Å². The highest BCUT2D eigenvalue weighted by molar-refractivity contribution is 6.62. The summed E-state index contributed by atoms with van der Waals surface area (Å²) >= 11 is 0. The minimum atomic E-state index is -0.384. The number of nitrogens with one attached hydrogen (secondary N) is 1. The van der Waals surface area contributed by atoms with Crippen LogP contribution < -0.4 is 0 Å². The molecule has 2 heteroatoms. The molecule has 1 nitrogen and oxygen atoms in total. The molecule has 0 aliphatic carbocycles. The summed E-state index contributed by atoms with van der Waals surface area (Å²) in [6.07, 6.45) is 1.34. The summed E-state index contributed by atoms with van der Waals surface area (Å²) in [5.41, 5.74) is 0.962. The van der Waals surface area contributed by atoms with Crippen molar-refractivity contribution in [3.63, 3.8) is 0 Å². The van der Waals surface area contributed by atoms with Crippen molar-refractivity contribution in [3.8, 4) is 0 Å². The van der Waals surface area contributed by atoms with E-state index in [0.717, 1.165) is 5.57 Å². The lowest BCUT2D eigenvalue weighted by molar-refractivity contribution is 1.53. The lowest BCUT2D eigenvalue weighted by Crippen LogP contribution is -1.87. The van der Waals surface area contributed by atoms with Crippen molar-refractivity contribution in [3.05, 3.63) is 5.57 Å². The maximum atomic E-state index is 6.79. The molecular formula is C6H11NSi. The smallest absolute Gasteiger partial charge is 0.0600 e. The number of allylic oxidation sites excluding steroid dienone is 1. The Labute approximate surface area is 51.8 Å². The van der Waals surface area contributed by atoms with Gasteiger partial charge in [0.25, 0.3) is 0 Å². The van der Waals surface area contributed by atoms with Gasteiger partial charge >= 0.3 is 0 Å². The second-order valence-electron chi connectivity index (χ2n) is 1.95. The maximum Gasteiger partial charge on any atom is 0.0600 e. The Morgan fingerprint density at radius 3 is 2.25 bits per heavy atom. The first kappa shape index (κ1) is 7.54. The van der Waals surface area contributed by atoms with Gasteiger partial charge in [-0.25, -0.2) is 0 Å². The largest absolute Gasteiger partial charge is 0.308 e. The van der Waals surface area contributed by atoms with Crippen LogP contribution in [0.4, 0.5) is 0 Å². The predicted molar refractivity (Wildman–Crippen MR) is 40.5 cm³/mol. The van der Waals surface area contributed by atoms with Crippen LogP contribution in [0.3, 0.4) is 0 Å². The normalized spacial score (nSPS) is 7.38. The van der Waals surface area contributed by atoms with Gasteiger partial charge in [-0.2, -0.15) is 5.33 Å². The Hall–Kier alpha value is -0.463. The summed E-state index contributed by atoms with van der Waals surface area (Å²) in [4.78, 5) is 0. The van der Waals surface area contributed by atoms with E-state index in [-0.39, 0.29) is 8.41 Å². The van der Waals surface area contributed by atoms with Crippen molar-refractivity contribution in [2.24, 2.45) is 0 Å². The van der Waals surface area contributed by atoms with Crippen LogP contribution in [-0.2, 0) is 0 Å². The first-order chi connectivity index (χ1) is 3.66. The molecule has 8 heavy (non-hydrogen) atoms. The highest BCUT2D eigenvalue weighted by Crippen LogP contribution is 1.74. The average molecular weight is 125 g/mol. The number of rotatable bonds is 1. The lowest BCUT2D eigenvalue weighted by Gasteiger charge is -1.79. The first-order valence-corrected chi connectivity index (χ1v) is 5.08. The van der Waals surface area contributed by atoms with Gasteiger partial charge in [0.15, 0.2) is 0 Å². The predicted octanol–water partition coefficient (Wildman–Crippen LogP) is 1.32. The average Bonchev–Trinajstić information content (AvgIpc) is 1.65. The van der Waals surface area contributed by atoms with Crippen molar-refractivity contribution >= 4 is 20.0 Å². The molecule has 0 radical (unpaired) electrons. The van der Waals surface area contributed by atoms with Crippen LogP contribution in [0.5, 0.6) is 0 Å². The van der Waals surface area contributed by atoms with E-state index in [1.807, 2.05) is 6.92 Å². The molecule has 0 atom stereocenters. The standard InChI is InChI=1S/C6H11NSi/c1-6(4-7)5-8(2)3/h4,7H,1-3H3. The molecule has 0 unspecified atom stereocenters. The lowest BCUT2D eigenvalue weighted by atomic mass is 10.4. The third-order valence-corrected chi connectivity index (χ3v) is 1.56. The molecule has 1 N–H and O–H groups in total. The molecule has 0 amide bonds. The van der Waals surface area contributed by atoms with Gasteiger partial charge in [-0.3, -0.25) is 0 Å². The molecule has 0 aromatic carbocycles. The summed E-state index contributed by atoms with van der Waals surface area (Å²) < 4.78 is 0. The molecule has 44 valence electrons. The van der Waals surface area contributed by atoms with Gasteiger partial charge in [-0.15, -0.1) is 0 Å². The van der Waals surface area contributed by atoms with Gasteiger partial charge in [-0.05, 0) is 20.0 Å². The van der Waals surface area contributed by atoms with E-state index in [9.17, 15) is 0 Å². The highest BCUT2D eigenvalue weighted by atomic mass is 28.2. The first-order valence-electron chi connectivity index (χ1n) is 2.58. The SMILES string of the molecule is CC(=C=[Si](C)C)C=N. The number of hydrogen-bond acceptors (Lipinski definition) is 1. The summed E-state index contributed by atoms with van der Waals surface area (Å²) in [6.45, 7) is 6.21. The topological polar surface area (TPSA) is 23.9 Å². The van der Waals surface area contributed by atoms with Gasteiger partial charge in [-0.1, -0.05) is 0 Å². The minimum absolute atomic E-state index is 0.384. The molecule has 0 aromatic rings. The zero-order valence-electron chi connectivity index (χ0n) is 5.58. The Morgan fingerprint density at radius 1 is 1.62 bits per heavy atom. The van der Waals surface area contributed by atoms with Crippen LogP contribution in [0.25, 0.3) is 0 Å². The van der Waals surface area contributed by atoms with Crippen molar-refractivity contribution in [2.45, 2.75) is 20.0 Å². The fraction of sp³-hybridized carbons (Fsp3) is 0.500. The molecule has 0 saturated carbocycles.